The van der Waals surface area contributed by atoms with E-state index in [1.807, 2.05) is 24.3 Å². The van der Waals surface area contributed by atoms with E-state index in [0.717, 1.165) is 10.0 Å². The lowest BCUT2D eigenvalue weighted by Crippen LogP contribution is -2.11. The van der Waals surface area contributed by atoms with Crippen molar-refractivity contribution < 1.29 is 19.1 Å². The van der Waals surface area contributed by atoms with Crippen molar-refractivity contribution in [2.75, 3.05) is 14.2 Å². The summed E-state index contributed by atoms with van der Waals surface area (Å²) in [5.74, 6) is -1.03. The van der Waals surface area contributed by atoms with Gasteiger partial charge in [0.05, 0.1) is 20.6 Å². The number of benzene rings is 1. The summed E-state index contributed by atoms with van der Waals surface area (Å²) >= 11 is 3.37. The van der Waals surface area contributed by atoms with Crippen LogP contribution in [0, 0.1) is 0 Å². The molecule has 0 saturated carbocycles. The number of methoxy groups -OCH3 is 2. The van der Waals surface area contributed by atoms with Crippen LogP contribution in [0.3, 0.4) is 0 Å². The zero-order chi connectivity index (χ0) is 13.5. The summed E-state index contributed by atoms with van der Waals surface area (Å²) < 4.78 is 10.0. The molecule has 96 valence electrons. The van der Waals surface area contributed by atoms with Crippen molar-refractivity contribution in [3.05, 3.63) is 39.9 Å². The number of ether oxygens (including phenoxy) is 2. The van der Waals surface area contributed by atoms with Crippen LogP contribution in [0.15, 0.2) is 34.3 Å². The molecule has 0 radical (unpaired) electrons. The fraction of sp³-hybridized carbons (Fsp3) is 0.231. The lowest BCUT2D eigenvalue weighted by atomic mass is 10.1. The third kappa shape index (κ3) is 4.00. The van der Waals surface area contributed by atoms with Gasteiger partial charge in [0.25, 0.3) is 0 Å². The summed E-state index contributed by atoms with van der Waals surface area (Å²) in [6.07, 6.45) is 1.48. The molecule has 0 amide bonds. The maximum atomic E-state index is 11.6. The smallest absolute Gasteiger partial charge is 0.334 e. The molecule has 1 aromatic rings. The summed E-state index contributed by atoms with van der Waals surface area (Å²) in [6.45, 7) is 0. The van der Waals surface area contributed by atoms with Crippen LogP contribution in [0.5, 0.6) is 0 Å². The van der Waals surface area contributed by atoms with Crippen LogP contribution in [-0.2, 0) is 19.1 Å². The normalized spacial score (nSPS) is 10.9. The van der Waals surface area contributed by atoms with Gasteiger partial charge < -0.3 is 9.47 Å². The molecule has 4 nitrogen and oxygen atoms in total. The largest absolute Gasteiger partial charge is 0.469 e. The second kappa shape index (κ2) is 6.96. The predicted octanol–water partition coefficient (Wildman–Crippen LogP) is 2.57. The Balaban J connectivity index is 3.06. The molecule has 0 unspecified atom stereocenters. The Labute approximate surface area is 114 Å². The topological polar surface area (TPSA) is 52.6 Å². The van der Waals surface area contributed by atoms with Gasteiger partial charge in [0.1, 0.15) is 0 Å². The monoisotopic (exact) mass is 312 g/mol. The van der Waals surface area contributed by atoms with Gasteiger partial charge in [-0.3, -0.25) is 4.79 Å². The molecule has 5 heteroatoms. The van der Waals surface area contributed by atoms with Crippen LogP contribution in [0.25, 0.3) is 6.08 Å². The second-order valence-electron chi connectivity index (χ2n) is 3.44. The van der Waals surface area contributed by atoms with E-state index in [1.54, 1.807) is 6.08 Å². The van der Waals surface area contributed by atoms with E-state index >= 15 is 0 Å². The van der Waals surface area contributed by atoms with Gasteiger partial charge in [-0.1, -0.05) is 34.1 Å². The minimum Gasteiger partial charge on any atom is -0.469 e. The zero-order valence-corrected chi connectivity index (χ0v) is 11.7. The Hall–Kier alpha value is -1.62. The van der Waals surface area contributed by atoms with Crippen molar-refractivity contribution >= 4 is 33.9 Å². The van der Waals surface area contributed by atoms with Gasteiger partial charge in [-0.2, -0.15) is 0 Å². The number of carbonyl (C=O) groups is 2. The number of esters is 2. The van der Waals surface area contributed by atoms with Crippen molar-refractivity contribution in [2.24, 2.45) is 0 Å². The van der Waals surface area contributed by atoms with Gasteiger partial charge in [0.2, 0.25) is 0 Å². The van der Waals surface area contributed by atoms with E-state index in [9.17, 15) is 9.59 Å². The van der Waals surface area contributed by atoms with Crippen LogP contribution in [0.1, 0.15) is 12.0 Å². The van der Waals surface area contributed by atoms with Crippen LogP contribution in [-0.4, -0.2) is 26.2 Å². The first-order valence-electron chi connectivity index (χ1n) is 5.18. The van der Waals surface area contributed by atoms with Crippen LogP contribution in [0.4, 0.5) is 0 Å². The molecule has 0 fully saturated rings. The van der Waals surface area contributed by atoms with Gasteiger partial charge in [-0.05, 0) is 17.7 Å². The van der Waals surface area contributed by atoms with Crippen molar-refractivity contribution in [2.45, 2.75) is 6.42 Å². The summed E-state index contributed by atoms with van der Waals surface area (Å²) in [5, 5.41) is 0. The predicted molar refractivity (Wildman–Crippen MR) is 70.8 cm³/mol. The average Bonchev–Trinajstić information content (AvgIpc) is 2.39. The van der Waals surface area contributed by atoms with Crippen molar-refractivity contribution in [3.8, 4) is 0 Å². The zero-order valence-electron chi connectivity index (χ0n) is 10.1. The van der Waals surface area contributed by atoms with E-state index in [1.165, 1.54) is 14.2 Å². The van der Waals surface area contributed by atoms with Crippen LogP contribution >= 0.6 is 15.9 Å². The first kappa shape index (κ1) is 14.4. The minimum absolute atomic E-state index is 0.121. The number of hydrogen-bond acceptors (Lipinski definition) is 4. The number of halogens is 1. The summed E-state index contributed by atoms with van der Waals surface area (Å²) in [4.78, 5) is 22.8. The highest BCUT2D eigenvalue weighted by Crippen LogP contribution is 2.20. The Bertz CT molecular complexity index is 480. The molecule has 0 bridgehead atoms. The molecule has 0 aromatic heterocycles. The first-order valence-corrected chi connectivity index (χ1v) is 5.98. The molecule has 0 aliphatic rings. The van der Waals surface area contributed by atoms with Crippen LogP contribution in [0.2, 0.25) is 0 Å². The number of hydrogen-bond donors (Lipinski definition) is 0. The molecule has 1 aromatic carbocycles. The second-order valence-corrected chi connectivity index (χ2v) is 4.29. The third-order valence-corrected chi connectivity index (χ3v) is 2.97. The molecule has 0 saturated heterocycles. The molecule has 0 heterocycles. The van der Waals surface area contributed by atoms with Gasteiger partial charge in [0.15, 0.2) is 0 Å². The fourth-order valence-corrected chi connectivity index (χ4v) is 1.72. The van der Waals surface area contributed by atoms with Gasteiger partial charge in [-0.15, -0.1) is 0 Å². The molecule has 0 spiro atoms. The van der Waals surface area contributed by atoms with Gasteiger partial charge in [0, 0.05) is 10.0 Å². The SMILES string of the molecule is COC(=O)C/C(=C\c1ccccc1Br)C(=O)OC. The lowest BCUT2D eigenvalue weighted by Gasteiger charge is -2.05. The third-order valence-electron chi connectivity index (χ3n) is 2.24. The highest BCUT2D eigenvalue weighted by atomic mass is 79.9. The van der Waals surface area contributed by atoms with E-state index < -0.39 is 11.9 Å². The highest BCUT2D eigenvalue weighted by molar-refractivity contribution is 9.10. The Kier molecular flexibility index (Phi) is 5.58. The maximum absolute atomic E-state index is 11.6. The molecule has 0 atom stereocenters. The van der Waals surface area contributed by atoms with E-state index in [2.05, 4.69) is 25.4 Å². The van der Waals surface area contributed by atoms with E-state index in [4.69, 9.17) is 0 Å². The molecule has 0 aliphatic heterocycles. The molecular weight excluding hydrogens is 300 g/mol. The summed E-state index contributed by atoms with van der Waals surface area (Å²) in [5.41, 5.74) is 1.04. The maximum Gasteiger partial charge on any atom is 0.334 e. The average molecular weight is 313 g/mol. The van der Waals surface area contributed by atoms with Crippen LogP contribution < -0.4 is 0 Å². The molecule has 1 rings (SSSR count). The Morgan fingerprint density at radius 1 is 1.22 bits per heavy atom. The quantitative estimate of drug-likeness (QED) is 0.633. The molecular formula is C13H13BrO4. The Morgan fingerprint density at radius 2 is 1.89 bits per heavy atom. The molecule has 0 N–H and O–H groups in total. The van der Waals surface area contributed by atoms with Crippen molar-refractivity contribution in [3.63, 3.8) is 0 Å². The molecule has 18 heavy (non-hydrogen) atoms. The Morgan fingerprint density at radius 3 is 2.44 bits per heavy atom. The number of carbonyl (C=O) groups excluding carboxylic acids is 2. The first-order chi connectivity index (χ1) is 8.58. The number of rotatable bonds is 4. The van der Waals surface area contributed by atoms with Gasteiger partial charge >= 0.3 is 11.9 Å². The van der Waals surface area contributed by atoms with E-state index in [-0.39, 0.29) is 12.0 Å². The minimum atomic E-state index is -0.545. The fourth-order valence-electron chi connectivity index (χ4n) is 1.32. The summed E-state index contributed by atoms with van der Waals surface area (Å²) in [6, 6.07) is 7.37. The highest BCUT2D eigenvalue weighted by Gasteiger charge is 2.15. The van der Waals surface area contributed by atoms with Crippen molar-refractivity contribution in [1.82, 2.24) is 0 Å². The molecule has 0 aliphatic carbocycles. The van der Waals surface area contributed by atoms with Gasteiger partial charge in [-0.25, -0.2) is 4.79 Å². The summed E-state index contributed by atoms with van der Waals surface area (Å²) in [7, 11) is 2.54. The van der Waals surface area contributed by atoms with Crippen molar-refractivity contribution in [1.29, 1.82) is 0 Å². The van der Waals surface area contributed by atoms with E-state index in [0.29, 0.717) is 0 Å². The lowest BCUT2D eigenvalue weighted by molar-refractivity contribution is -0.143. The standard InChI is InChI=1S/C13H13BrO4/c1-17-12(15)8-10(13(16)18-2)7-9-5-3-4-6-11(9)14/h3-7H,8H2,1-2H3/b10-7+.